The van der Waals surface area contributed by atoms with E-state index in [1.807, 2.05) is 6.92 Å². The van der Waals surface area contributed by atoms with Crippen LogP contribution in [0.5, 0.6) is 0 Å². The van der Waals surface area contributed by atoms with Crippen molar-refractivity contribution in [3.05, 3.63) is 30.1 Å². The third-order valence-corrected chi connectivity index (χ3v) is 4.21. The zero-order chi connectivity index (χ0) is 15.9. The molecule has 0 bridgehead atoms. The maximum atomic E-state index is 13.0. The van der Waals surface area contributed by atoms with Gasteiger partial charge in [0.1, 0.15) is 5.82 Å². The minimum absolute atomic E-state index is 0.0628. The Hall–Kier alpha value is -1.66. The number of nitrogens with one attached hydrogen (secondary N) is 2. The third-order valence-electron chi connectivity index (χ3n) is 4.21. The molecular weight excluding hydrogens is 285 g/mol. The van der Waals surface area contributed by atoms with E-state index in [1.165, 1.54) is 17.0 Å². The Morgan fingerprint density at radius 3 is 2.59 bits per heavy atom. The molecule has 1 saturated heterocycles. The summed E-state index contributed by atoms with van der Waals surface area (Å²) in [5.41, 5.74) is 1.04. The van der Waals surface area contributed by atoms with E-state index >= 15 is 0 Å². The maximum absolute atomic E-state index is 13.0. The molecule has 1 aliphatic rings. The molecule has 0 aromatic heterocycles. The molecule has 0 saturated carbocycles. The van der Waals surface area contributed by atoms with Crippen molar-refractivity contribution in [3.63, 3.8) is 0 Å². The first-order valence-electron chi connectivity index (χ1n) is 7.73. The van der Waals surface area contributed by atoms with Crippen LogP contribution < -0.4 is 15.1 Å². The zero-order valence-electron chi connectivity index (χ0n) is 13.3. The number of quaternary nitrogens is 1. The Morgan fingerprint density at radius 1 is 1.36 bits per heavy atom. The molecule has 22 heavy (non-hydrogen) atoms. The number of piperazine rings is 1. The van der Waals surface area contributed by atoms with Gasteiger partial charge in [-0.2, -0.15) is 0 Å². The average Bonchev–Trinajstić information content (AvgIpc) is 2.55. The largest absolute Gasteiger partial charge is 0.383 e. The molecule has 2 rings (SSSR count). The van der Waals surface area contributed by atoms with Gasteiger partial charge in [-0.05, 0) is 31.2 Å². The summed E-state index contributed by atoms with van der Waals surface area (Å²) in [7, 11) is 1.62. The van der Waals surface area contributed by atoms with Crippen LogP contribution in [-0.4, -0.2) is 58.4 Å². The summed E-state index contributed by atoms with van der Waals surface area (Å²) >= 11 is 0. The molecule has 1 aromatic carbocycles. The second-order valence-corrected chi connectivity index (χ2v) is 5.63. The molecule has 1 amide bonds. The van der Waals surface area contributed by atoms with E-state index in [9.17, 15) is 9.18 Å². The summed E-state index contributed by atoms with van der Waals surface area (Å²) in [5, 5.41) is 2.89. The Labute approximate surface area is 131 Å². The summed E-state index contributed by atoms with van der Waals surface area (Å²) in [5.74, 6) is -0.142. The highest BCUT2D eigenvalue weighted by Crippen LogP contribution is 2.14. The Balaban J connectivity index is 1.81. The molecule has 0 unspecified atom stereocenters. The van der Waals surface area contributed by atoms with Crippen molar-refractivity contribution in [2.24, 2.45) is 0 Å². The molecule has 1 fully saturated rings. The number of ether oxygens (including phenoxy) is 1. The van der Waals surface area contributed by atoms with E-state index in [1.54, 1.807) is 19.2 Å². The number of rotatable bonds is 6. The van der Waals surface area contributed by atoms with Gasteiger partial charge in [-0.1, -0.05) is 0 Å². The van der Waals surface area contributed by atoms with Gasteiger partial charge in [-0.25, -0.2) is 4.39 Å². The normalized spacial score (nSPS) is 17.3. The molecule has 122 valence electrons. The molecule has 1 atom stereocenters. The van der Waals surface area contributed by atoms with Crippen LogP contribution in [0.15, 0.2) is 24.3 Å². The highest BCUT2D eigenvalue weighted by Gasteiger charge is 2.28. The summed E-state index contributed by atoms with van der Waals surface area (Å²) in [6.45, 7) is 6.59. The standard InChI is InChI=1S/C16H24FN3O2/c1-13(16(21)18-7-12-22-2)19-8-10-20(11-9-19)15-5-3-14(17)4-6-15/h3-6,13H,7-12H2,1-2H3,(H,18,21)/p+1/t13-/m0/s1. The SMILES string of the molecule is COCCNC(=O)[C@H](C)[NH+]1CCN(c2ccc(F)cc2)CC1. The highest BCUT2D eigenvalue weighted by molar-refractivity contribution is 5.79. The number of anilines is 1. The molecular formula is C16H25FN3O2+. The predicted octanol–water partition coefficient (Wildman–Crippen LogP) is -0.318. The van der Waals surface area contributed by atoms with Crippen LogP contribution in [-0.2, 0) is 9.53 Å². The van der Waals surface area contributed by atoms with E-state index in [-0.39, 0.29) is 17.8 Å². The summed E-state index contributed by atoms with van der Waals surface area (Å²) < 4.78 is 17.9. The fraction of sp³-hybridized carbons (Fsp3) is 0.562. The second kappa shape index (κ2) is 8.10. The second-order valence-electron chi connectivity index (χ2n) is 5.63. The molecule has 0 aliphatic carbocycles. The van der Waals surface area contributed by atoms with Crippen LogP contribution in [0.25, 0.3) is 0 Å². The van der Waals surface area contributed by atoms with E-state index in [2.05, 4.69) is 10.2 Å². The number of nitrogens with zero attached hydrogens (tertiary/aromatic N) is 1. The molecule has 1 aliphatic heterocycles. The quantitative estimate of drug-likeness (QED) is 0.708. The van der Waals surface area contributed by atoms with Crippen molar-refractivity contribution in [1.82, 2.24) is 5.32 Å². The van der Waals surface area contributed by atoms with Crippen molar-refractivity contribution >= 4 is 11.6 Å². The first-order valence-corrected chi connectivity index (χ1v) is 7.73. The van der Waals surface area contributed by atoms with Gasteiger partial charge in [-0.3, -0.25) is 4.79 Å². The first-order chi connectivity index (χ1) is 10.6. The Bertz CT molecular complexity index is 473. The van der Waals surface area contributed by atoms with Gasteiger partial charge in [0.15, 0.2) is 6.04 Å². The lowest BCUT2D eigenvalue weighted by Crippen LogP contribution is -3.19. The molecule has 5 nitrogen and oxygen atoms in total. The number of hydrogen-bond donors (Lipinski definition) is 2. The van der Waals surface area contributed by atoms with E-state index in [4.69, 9.17) is 4.74 Å². The molecule has 1 aromatic rings. The van der Waals surface area contributed by atoms with Gasteiger partial charge in [0.25, 0.3) is 5.91 Å². The van der Waals surface area contributed by atoms with Crippen molar-refractivity contribution in [2.45, 2.75) is 13.0 Å². The summed E-state index contributed by atoms with van der Waals surface area (Å²) in [6, 6.07) is 6.52. The van der Waals surface area contributed by atoms with Gasteiger partial charge in [0.05, 0.1) is 32.8 Å². The molecule has 6 heteroatoms. The van der Waals surface area contributed by atoms with Crippen LogP contribution in [0.2, 0.25) is 0 Å². The fourth-order valence-electron chi connectivity index (χ4n) is 2.75. The van der Waals surface area contributed by atoms with Gasteiger partial charge >= 0.3 is 0 Å². The minimum atomic E-state index is -0.214. The molecule has 0 radical (unpaired) electrons. The lowest BCUT2D eigenvalue weighted by Gasteiger charge is -2.36. The van der Waals surface area contributed by atoms with Gasteiger partial charge in [0.2, 0.25) is 0 Å². The number of hydrogen-bond acceptors (Lipinski definition) is 3. The molecule has 0 spiro atoms. The van der Waals surface area contributed by atoms with E-state index in [0.717, 1.165) is 31.9 Å². The summed E-state index contributed by atoms with van der Waals surface area (Å²) in [6.07, 6.45) is 0. The highest BCUT2D eigenvalue weighted by atomic mass is 19.1. The first kappa shape index (κ1) is 16.7. The van der Waals surface area contributed by atoms with E-state index < -0.39 is 0 Å². The number of halogens is 1. The van der Waals surface area contributed by atoms with Gasteiger partial charge in [0, 0.05) is 19.3 Å². The number of benzene rings is 1. The van der Waals surface area contributed by atoms with Crippen LogP contribution in [0.1, 0.15) is 6.92 Å². The average molecular weight is 310 g/mol. The maximum Gasteiger partial charge on any atom is 0.278 e. The number of amides is 1. The fourth-order valence-corrected chi connectivity index (χ4v) is 2.75. The van der Waals surface area contributed by atoms with Crippen molar-refractivity contribution in [3.8, 4) is 0 Å². The van der Waals surface area contributed by atoms with Crippen molar-refractivity contribution < 1.29 is 18.8 Å². The number of carbonyl (C=O) groups excluding carboxylic acids is 1. The minimum Gasteiger partial charge on any atom is -0.383 e. The van der Waals surface area contributed by atoms with Crippen LogP contribution in [0, 0.1) is 5.82 Å². The summed E-state index contributed by atoms with van der Waals surface area (Å²) in [4.78, 5) is 15.6. The van der Waals surface area contributed by atoms with E-state index in [0.29, 0.717) is 13.2 Å². The molecule has 2 N–H and O–H groups in total. The van der Waals surface area contributed by atoms with Crippen LogP contribution >= 0.6 is 0 Å². The molecule has 1 heterocycles. The van der Waals surface area contributed by atoms with Crippen molar-refractivity contribution in [2.75, 3.05) is 51.3 Å². The van der Waals surface area contributed by atoms with Crippen molar-refractivity contribution in [1.29, 1.82) is 0 Å². The number of carbonyl (C=O) groups is 1. The Kier molecular flexibility index (Phi) is 6.15. The predicted molar refractivity (Wildman–Crippen MR) is 83.7 cm³/mol. The lowest BCUT2D eigenvalue weighted by atomic mass is 10.2. The number of methoxy groups -OCH3 is 1. The Morgan fingerprint density at radius 2 is 2.00 bits per heavy atom. The van der Waals surface area contributed by atoms with Crippen LogP contribution in [0.3, 0.4) is 0 Å². The topological polar surface area (TPSA) is 46.0 Å². The lowest BCUT2D eigenvalue weighted by molar-refractivity contribution is -0.914. The monoisotopic (exact) mass is 310 g/mol. The van der Waals surface area contributed by atoms with Crippen LogP contribution in [0.4, 0.5) is 10.1 Å². The smallest absolute Gasteiger partial charge is 0.278 e. The van der Waals surface area contributed by atoms with Gasteiger partial charge in [-0.15, -0.1) is 0 Å². The third kappa shape index (κ3) is 4.42. The zero-order valence-corrected chi connectivity index (χ0v) is 13.3. The van der Waals surface area contributed by atoms with Gasteiger partial charge < -0.3 is 19.9 Å².